The second kappa shape index (κ2) is 8.72. The molecule has 1 amide bonds. The van der Waals surface area contributed by atoms with Gasteiger partial charge in [0.25, 0.3) is 0 Å². The molecule has 1 aromatic rings. The van der Waals surface area contributed by atoms with Crippen molar-refractivity contribution in [3.63, 3.8) is 0 Å². The molecule has 6 nitrogen and oxygen atoms in total. The summed E-state index contributed by atoms with van der Waals surface area (Å²) in [6, 6.07) is 6.06. The molecule has 0 aliphatic carbocycles. The van der Waals surface area contributed by atoms with Gasteiger partial charge in [-0.3, -0.25) is 14.6 Å². The Kier molecular flexibility index (Phi) is 6.22. The first-order valence-corrected chi connectivity index (χ1v) is 10.6. The summed E-state index contributed by atoms with van der Waals surface area (Å²) in [6.07, 6.45) is -1.59. The number of hydrogen-bond donors (Lipinski definition) is 0. The standard InChI is InChI=1S/C21H29F3N4O2/c1-25-8-3-5-17(15-25)26-10-12-27(13-11-26)19-7-9-28(20(19)29)16-4-2-6-18(14-16)30-21(22,23)24/h2,4,6,14,17,19H,3,5,7-13,15H2,1H3. The molecule has 3 saturated heterocycles. The molecule has 3 aliphatic heterocycles. The van der Waals surface area contributed by atoms with Crippen LogP contribution in [0.15, 0.2) is 24.3 Å². The minimum absolute atomic E-state index is 0.0370. The Bertz CT molecular complexity index is 752. The van der Waals surface area contributed by atoms with Gasteiger partial charge < -0.3 is 14.5 Å². The number of carbonyl (C=O) groups is 1. The Morgan fingerprint density at radius 2 is 1.73 bits per heavy atom. The molecule has 166 valence electrons. The zero-order chi connectivity index (χ0) is 21.3. The van der Waals surface area contributed by atoms with Gasteiger partial charge in [0.05, 0.1) is 6.04 Å². The van der Waals surface area contributed by atoms with Crippen LogP contribution in [0.25, 0.3) is 0 Å². The minimum Gasteiger partial charge on any atom is -0.406 e. The summed E-state index contributed by atoms with van der Waals surface area (Å²) >= 11 is 0. The number of rotatable bonds is 4. The highest BCUT2D eigenvalue weighted by atomic mass is 19.4. The molecule has 2 unspecified atom stereocenters. The van der Waals surface area contributed by atoms with Crippen molar-refractivity contribution in [3.05, 3.63) is 24.3 Å². The molecule has 1 aromatic carbocycles. The van der Waals surface area contributed by atoms with Crippen LogP contribution in [-0.2, 0) is 4.79 Å². The van der Waals surface area contributed by atoms with Gasteiger partial charge in [-0.2, -0.15) is 0 Å². The average molecular weight is 426 g/mol. The first-order valence-electron chi connectivity index (χ1n) is 10.6. The smallest absolute Gasteiger partial charge is 0.406 e. The van der Waals surface area contributed by atoms with Crippen molar-refractivity contribution in [2.45, 2.75) is 37.7 Å². The van der Waals surface area contributed by atoms with Crippen LogP contribution >= 0.6 is 0 Å². The Labute approximate surface area is 175 Å². The predicted molar refractivity (Wildman–Crippen MR) is 108 cm³/mol. The molecule has 30 heavy (non-hydrogen) atoms. The molecule has 0 aromatic heterocycles. The molecule has 3 fully saturated rings. The van der Waals surface area contributed by atoms with Crippen LogP contribution in [-0.4, -0.2) is 91.9 Å². The van der Waals surface area contributed by atoms with Gasteiger partial charge in [-0.1, -0.05) is 6.07 Å². The Morgan fingerprint density at radius 1 is 1.00 bits per heavy atom. The number of nitrogens with zero attached hydrogens (tertiary/aromatic N) is 4. The van der Waals surface area contributed by atoms with E-state index in [-0.39, 0.29) is 17.7 Å². The first-order chi connectivity index (χ1) is 14.3. The highest BCUT2D eigenvalue weighted by molar-refractivity contribution is 5.99. The molecule has 2 atom stereocenters. The molecular formula is C21H29F3N4O2. The van der Waals surface area contributed by atoms with E-state index in [4.69, 9.17) is 0 Å². The molecule has 9 heteroatoms. The Hall–Kier alpha value is -1.84. The maximum absolute atomic E-state index is 13.0. The lowest BCUT2D eigenvalue weighted by Crippen LogP contribution is -2.57. The van der Waals surface area contributed by atoms with E-state index in [1.165, 1.54) is 31.0 Å². The number of piperidine rings is 1. The zero-order valence-corrected chi connectivity index (χ0v) is 17.3. The number of amides is 1. The van der Waals surface area contributed by atoms with E-state index in [0.29, 0.717) is 24.7 Å². The van der Waals surface area contributed by atoms with Crippen molar-refractivity contribution >= 4 is 11.6 Å². The van der Waals surface area contributed by atoms with Crippen molar-refractivity contribution in [3.8, 4) is 5.75 Å². The van der Waals surface area contributed by atoms with Gasteiger partial charge in [0, 0.05) is 57.1 Å². The van der Waals surface area contributed by atoms with E-state index in [2.05, 4.69) is 26.5 Å². The number of benzene rings is 1. The van der Waals surface area contributed by atoms with Crippen LogP contribution in [0.1, 0.15) is 19.3 Å². The number of piperazine rings is 1. The fraction of sp³-hybridized carbons (Fsp3) is 0.667. The quantitative estimate of drug-likeness (QED) is 0.740. The van der Waals surface area contributed by atoms with E-state index in [9.17, 15) is 18.0 Å². The van der Waals surface area contributed by atoms with Crippen LogP contribution in [0.3, 0.4) is 0 Å². The molecule has 3 aliphatic rings. The van der Waals surface area contributed by atoms with E-state index < -0.39 is 6.36 Å². The van der Waals surface area contributed by atoms with Crippen LogP contribution in [0.2, 0.25) is 0 Å². The summed E-state index contributed by atoms with van der Waals surface area (Å²) in [7, 11) is 2.17. The van der Waals surface area contributed by atoms with Crippen molar-refractivity contribution < 1.29 is 22.7 Å². The summed E-state index contributed by atoms with van der Waals surface area (Å²) < 4.78 is 41.5. The normalized spacial score (nSPS) is 27.6. The summed E-state index contributed by atoms with van der Waals surface area (Å²) in [6.45, 7) is 6.38. The summed E-state index contributed by atoms with van der Waals surface area (Å²) in [5, 5.41) is 0. The number of anilines is 1. The molecule has 0 N–H and O–H groups in total. The van der Waals surface area contributed by atoms with Gasteiger partial charge in [0.15, 0.2) is 0 Å². The van der Waals surface area contributed by atoms with Crippen molar-refractivity contribution in [1.82, 2.24) is 14.7 Å². The molecule has 0 spiro atoms. The van der Waals surface area contributed by atoms with Crippen molar-refractivity contribution in [2.75, 3.05) is 57.8 Å². The molecule has 4 rings (SSSR count). The number of hydrogen-bond acceptors (Lipinski definition) is 5. The third-order valence-electron chi connectivity index (χ3n) is 6.45. The van der Waals surface area contributed by atoms with Crippen molar-refractivity contribution in [2.24, 2.45) is 0 Å². The average Bonchev–Trinajstić information content (AvgIpc) is 3.08. The maximum Gasteiger partial charge on any atom is 0.573 e. The number of ether oxygens (including phenoxy) is 1. The molecule has 0 saturated carbocycles. The fourth-order valence-corrected chi connectivity index (χ4v) is 4.96. The van der Waals surface area contributed by atoms with Crippen LogP contribution < -0.4 is 9.64 Å². The van der Waals surface area contributed by atoms with Gasteiger partial charge >= 0.3 is 6.36 Å². The predicted octanol–water partition coefficient (Wildman–Crippen LogP) is 2.40. The lowest BCUT2D eigenvalue weighted by atomic mass is 10.0. The first kappa shape index (κ1) is 21.4. The second-order valence-electron chi connectivity index (χ2n) is 8.47. The van der Waals surface area contributed by atoms with E-state index in [0.717, 1.165) is 39.3 Å². The van der Waals surface area contributed by atoms with Gasteiger partial charge in [-0.05, 0) is 45.0 Å². The van der Waals surface area contributed by atoms with E-state index in [1.54, 1.807) is 11.0 Å². The zero-order valence-electron chi connectivity index (χ0n) is 17.3. The number of likely N-dealkylation sites (N-methyl/N-ethyl adjacent to an activating group) is 1. The fourth-order valence-electron chi connectivity index (χ4n) is 4.96. The Morgan fingerprint density at radius 3 is 2.43 bits per heavy atom. The van der Waals surface area contributed by atoms with E-state index >= 15 is 0 Å². The van der Waals surface area contributed by atoms with Gasteiger partial charge in [0.1, 0.15) is 5.75 Å². The van der Waals surface area contributed by atoms with Gasteiger partial charge in [-0.25, -0.2) is 0 Å². The third-order valence-corrected chi connectivity index (χ3v) is 6.45. The summed E-state index contributed by atoms with van der Waals surface area (Å²) in [4.78, 5) is 21.8. The minimum atomic E-state index is -4.75. The highest BCUT2D eigenvalue weighted by Crippen LogP contribution is 2.30. The van der Waals surface area contributed by atoms with Crippen LogP contribution in [0, 0.1) is 0 Å². The highest BCUT2D eigenvalue weighted by Gasteiger charge is 2.39. The van der Waals surface area contributed by atoms with Crippen LogP contribution in [0.4, 0.5) is 18.9 Å². The lowest BCUT2D eigenvalue weighted by molar-refractivity contribution is -0.274. The number of carbonyl (C=O) groups excluding carboxylic acids is 1. The second-order valence-corrected chi connectivity index (χ2v) is 8.47. The molecule has 0 radical (unpaired) electrons. The largest absolute Gasteiger partial charge is 0.573 e. The maximum atomic E-state index is 13.0. The SMILES string of the molecule is CN1CCCC(N2CCN(C3CCN(c4cccc(OC(F)(F)F)c4)C3=O)CC2)C1. The van der Waals surface area contributed by atoms with E-state index in [1.807, 2.05) is 0 Å². The lowest BCUT2D eigenvalue weighted by Gasteiger charge is -2.43. The van der Waals surface area contributed by atoms with Gasteiger partial charge in [-0.15, -0.1) is 13.2 Å². The topological polar surface area (TPSA) is 39.3 Å². The summed E-state index contributed by atoms with van der Waals surface area (Å²) in [5.74, 6) is -0.340. The summed E-state index contributed by atoms with van der Waals surface area (Å²) in [5.41, 5.74) is 0.452. The Balaban J connectivity index is 1.34. The van der Waals surface area contributed by atoms with Crippen LogP contribution in [0.5, 0.6) is 5.75 Å². The third kappa shape index (κ3) is 4.90. The number of likely N-dealkylation sites (tertiary alicyclic amines) is 1. The number of alkyl halides is 3. The molecular weight excluding hydrogens is 397 g/mol. The van der Waals surface area contributed by atoms with Gasteiger partial charge in [0.2, 0.25) is 5.91 Å². The molecule has 0 bridgehead atoms. The number of halogens is 3. The van der Waals surface area contributed by atoms with Crippen molar-refractivity contribution in [1.29, 1.82) is 0 Å². The molecule has 3 heterocycles. The monoisotopic (exact) mass is 426 g/mol.